The molecule has 0 bridgehead atoms. The standard InChI is InChI=1S/C21H25ClN2O2/c1-16(17-6-8-20(26-2)9-7-17)14-21(25)24-12-10-23(11-13-24)19-5-3-4-18(22)15-19/h3-9,15-16H,10-14H2,1-2H3. The third-order valence-electron chi connectivity index (χ3n) is 4.97. The van der Waals surface area contributed by atoms with Crippen LogP contribution in [-0.4, -0.2) is 44.1 Å². The van der Waals surface area contributed by atoms with Crippen LogP contribution < -0.4 is 9.64 Å². The number of ether oxygens (including phenoxy) is 1. The molecule has 1 fully saturated rings. The van der Waals surface area contributed by atoms with Gasteiger partial charge in [0.25, 0.3) is 0 Å². The number of rotatable bonds is 5. The maximum Gasteiger partial charge on any atom is 0.223 e. The van der Waals surface area contributed by atoms with E-state index in [0.717, 1.165) is 48.2 Å². The van der Waals surface area contributed by atoms with Crippen molar-refractivity contribution in [1.82, 2.24) is 4.90 Å². The predicted octanol–water partition coefficient (Wildman–Crippen LogP) is 4.19. The van der Waals surface area contributed by atoms with Gasteiger partial charge in [-0.25, -0.2) is 0 Å². The highest BCUT2D eigenvalue weighted by atomic mass is 35.5. The van der Waals surface area contributed by atoms with E-state index in [1.807, 2.05) is 47.4 Å². The van der Waals surface area contributed by atoms with Crippen molar-refractivity contribution in [2.75, 3.05) is 38.2 Å². The SMILES string of the molecule is COc1ccc(C(C)CC(=O)N2CCN(c3cccc(Cl)c3)CC2)cc1. The minimum Gasteiger partial charge on any atom is -0.497 e. The van der Waals surface area contributed by atoms with Crippen LogP contribution in [0.25, 0.3) is 0 Å². The first-order valence-electron chi connectivity index (χ1n) is 8.99. The number of carbonyl (C=O) groups excluding carboxylic acids is 1. The van der Waals surface area contributed by atoms with Crippen molar-refractivity contribution in [1.29, 1.82) is 0 Å². The van der Waals surface area contributed by atoms with Gasteiger partial charge < -0.3 is 14.5 Å². The molecule has 138 valence electrons. The minimum atomic E-state index is 0.194. The molecule has 1 atom stereocenters. The van der Waals surface area contributed by atoms with Crippen LogP contribution in [0.2, 0.25) is 5.02 Å². The Kier molecular flexibility index (Phi) is 6.04. The number of methoxy groups -OCH3 is 1. The van der Waals surface area contributed by atoms with Crippen LogP contribution >= 0.6 is 11.6 Å². The van der Waals surface area contributed by atoms with E-state index in [9.17, 15) is 4.79 Å². The van der Waals surface area contributed by atoms with Gasteiger partial charge in [-0.05, 0) is 41.8 Å². The first-order valence-corrected chi connectivity index (χ1v) is 9.37. The van der Waals surface area contributed by atoms with E-state index < -0.39 is 0 Å². The molecule has 26 heavy (non-hydrogen) atoms. The van der Waals surface area contributed by atoms with Gasteiger partial charge in [0.05, 0.1) is 7.11 Å². The van der Waals surface area contributed by atoms with Crippen molar-refractivity contribution in [3.05, 3.63) is 59.1 Å². The van der Waals surface area contributed by atoms with Crippen LogP contribution in [0.15, 0.2) is 48.5 Å². The smallest absolute Gasteiger partial charge is 0.223 e. The van der Waals surface area contributed by atoms with Gasteiger partial charge in [-0.1, -0.05) is 36.7 Å². The van der Waals surface area contributed by atoms with E-state index in [0.29, 0.717) is 6.42 Å². The summed E-state index contributed by atoms with van der Waals surface area (Å²) in [5.74, 6) is 1.25. The molecular weight excluding hydrogens is 348 g/mol. The highest BCUT2D eigenvalue weighted by Crippen LogP contribution is 2.24. The van der Waals surface area contributed by atoms with Gasteiger partial charge in [0.15, 0.2) is 0 Å². The molecule has 1 heterocycles. The van der Waals surface area contributed by atoms with Crippen molar-refractivity contribution in [3.63, 3.8) is 0 Å². The van der Waals surface area contributed by atoms with E-state index in [1.165, 1.54) is 0 Å². The molecule has 1 amide bonds. The lowest BCUT2D eigenvalue weighted by Crippen LogP contribution is -2.49. The second-order valence-electron chi connectivity index (χ2n) is 6.73. The first kappa shape index (κ1) is 18.6. The molecule has 1 aliphatic heterocycles. The average Bonchev–Trinajstić information content (AvgIpc) is 2.68. The van der Waals surface area contributed by atoms with Crippen LogP contribution in [-0.2, 0) is 4.79 Å². The second-order valence-corrected chi connectivity index (χ2v) is 7.16. The molecule has 2 aromatic rings. The quantitative estimate of drug-likeness (QED) is 0.788. The van der Waals surface area contributed by atoms with Gasteiger partial charge >= 0.3 is 0 Å². The highest BCUT2D eigenvalue weighted by molar-refractivity contribution is 6.30. The van der Waals surface area contributed by atoms with Crippen LogP contribution in [0.1, 0.15) is 24.8 Å². The van der Waals surface area contributed by atoms with Crippen molar-refractivity contribution in [2.24, 2.45) is 0 Å². The molecule has 4 nitrogen and oxygen atoms in total. The number of hydrogen-bond acceptors (Lipinski definition) is 3. The molecule has 3 rings (SSSR count). The van der Waals surface area contributed by atoms with Crippen molar-refractivity contribution in [2.45, 2.75) is 19.3 Å². The molecule has 0 aliphatic carbocycles. The number of amides is 1. The molecule has 0 saturated carbocycles. The number of halogens is 1. The lowest BCUT2D eigenvalue weighted by atomic mass is 9.97. The summed E-state index contributed by atoms with van der Waals surface area (Å²) in [6.07, 6.45) is 0.531. The summed E-state index contributed by atoms with van der Waals surface area (Å²) in [7, 11) is 1.66. The van der Waals surface area contributed by atoms with Crippen LogP contribution in [0.4, 0.5) is 5.69 Å². The fraction of sp³-hybridized carbons (Fsp3) is 0.381. The average molecular weight is 373 g/mol. The zero-order valence-electron chi connectivity index (χ0n) is 15.3. The third kappa shape index (κ3) is 4.50. The van der Waals surface area contributed by atoms with E-state index in [2.05, 4.69) is 17.9 Å². The summed E-state index contributed by atoms with van der Waals surface area (Å²) in [5.41, 5.74) is 2.29. The Bertz CT molecular complexity index is 740. The van der Waals surface area contributed by atoms with Gasteiger partial charge in [0.1, 0.15) is 5.75 Å². The van der Waals surface area contributed by atoms with Crippen LogP contribution in [0, 0.1) is 0 Å². The summed E-state index contributed by atoms with van der Waals surface area (Å²) >= 11 is 6.08. The van der Waals surface area contributed by atoms with Crippen molar-refractivity contribution < 1.29 is 9.53 Å². The van der Waals surface area contributed by atoms with E-state index >= 15 is 0 Å². The summed E-state index contributed by atoms with van der Waals surface area (Å²) in [5, 5.41) is 0.745. The van der Waals surface area contributed by atoms with Crippen molar-refractivity contribution >= 4 is 23.2 Å². The maximum absolute atomic E-state index is 12.7. The lowest BCUT2D eigenvalue weighted by molar-refractivity contribution is -0.131. The largest absolute Gasteiger partial charge is 0.497 e. The number of anilines is 1. The molecule has 1 unspecified atom stereocenters. The number of benzene rings is 2. The third-order valence-corrected chi connectivity index (χ3v) is 5.21. The Morgan fingerprint density at radius 3 is 2.42 bits per heavy atom. The lowest BCUT2D eigenvalue weighted by Gasteiger charge is -2.36. The molecule has 0 N–H and O–H groups in total. The molecular formula is C21H25ClN2O2. The monoisotopic (exact) mass is 372 g/mol. The molecule has 0 aromatic heterocycles. The Balaban J connectivity index is 1.53. The van der Waals surface area contributed by atoms with Gasteiger partial charge in [-0.3, -0.25) is 4.79 Å². The molecule has 0 spiro atoms. The molecule has 2 aromatic carbocycles. The number of carbonyl (C=O) groups is 1. The normalized spacial score (nSPS) is 15.7. The highest BCUT2D eigenvalue weighted by Gasteiger charge is 2.23. The number of nitrogens with zero attached hydrogens (tertiary/aromatic N) is 2. The summed E-state index contributed by atoms with van der Waals surface area (Å²) in [4.78, 5) is 16.9. The Labute approximate surface area is 160 Å². The van der Waals surface area contributed by atoms with Gasteiger partial charge in [-0.15, -0.1) is 0 Å². The van der Waals surface area contributed by atoms with Gasteiger partial charge in [-0.2, -0.15) is 0 Å². The topological polar surface area (TPSA) is 32.8 Å². The predicted molar refractivity (Wildman–Crippen MR) is 106 cm³/mol. The maximum atomic E-state index is 12.7. The fourth-order valence-corrected chi connectivity index (χ4v) is 3.51. The first-order chi connectivity index (χ1) is 12.6. The molecule has 5 heteroatoms. The van der Waals surface area contributed by atoms with E-state index in [1.54, 1.807) is 7.11 Å². The minimum absolute atomic E-state index is 0.194. The van der Waals surface area contributed by atoms with E-state index in [-0.39, 0.29) is 11.8 Å². The number of piperazine rings is 1. The Morgan fingerprint density at radius 1 is 1.12 bits per heavy atom. The van der Waals surface area contributed by atoms with Gasteiger partial charge in [0.2, 0.25) is 5.91 Å². The molecule has 0 radical (unpaired) electrons. The molecule has 1 aliphatic rings. The van der Waals surface area contributed by atoms with Gasteiger partial charge in [0, 0.05) is 43.3 Å². The zero-order valence-corrected chi connectivity index (χ0v) is 16.1. The van der Waals surface area contributed by atoms with Crippen LogP contribution in [0.3, 0.4) is 0 Å². The van der Waals surface area contributed by atoms with Crippen molar-refractivity contribution in [3.8, 4) is 5.75 Å². The second kappa shape index (κ2) is 8.45. The van der Waals surface area contributed by atoms with Crippen LogP contribution in [0.5, 0.6) is 5.75 Å². The Hall–Kier alpha value is -2.20. The number of hydrogen-bond donors (Lipinski definition) is 0. The Morgan fingerprint density at radius 2 is 1.81 bits per heavy atom. The molecule has 1 saturated heterocycles. The van der Waals surface area contributed by atoms with E-state index in [4.69, 9.17) is 16.3 Å². The summed E-state index contributed by atoms with van der Waals surface area (Å²) in [6, 6.07) is 15.8. The fourth-order valence-electron chi connectivity index (χ4n) is 3.33. The summed E-state index contributed by atoms with van der Waals surface area (Å²) < 4.78 is 5.19. The summed E-state index contributed by atoms with van der Waals surface area (Å²) in [6.45, 7) is 5.27. The zero-order chi connectivity index (χ0) is 18.5.